The van der Waals surface area contributed by atoms with Gasteiger partial charge in [-0.15, -0.1) is 0 Å². The molecule has 1 heteroatoms. The van der Waals surface area contributed by atoms with E-state index in [0.29, 0.717) is 17.3 Å². The van der Waals surface area contributed by atoms with Gasteiger partial charge >= 0.3 is 0 Å². The van der Waals surface area contributed by atoms with Crippen LogP contribution in [0.5, 0.6) is 0 Å². The number of allylic oxidation sites excluding steroid dienone is 21. The lowest BCUT2D eigenvalue weighted by molar-refractivity contribution is 0.183. The summed E-state index contributed by atoms with van der Waals surface area (Å²) < 4.78 is 0. The van der Waals surface area contributed by atoms with E-state index < -0.39 is 0 Å². The van der Waals surface area contributed by atoms with Gasteiger partial charge in [0.25, 0.3) is 0 Å². The predicted octanol–water partition coefficient (Wildman–Crippen LogP) is 13.0. The molecular formula is C45H64O. The van der Waals surface area contributed by atoms with Crippen molar-refractivity contribution in [1.82, 2.24) is 0 Å². The first-order valence-electron chi connectivity index (χ1n) is 17.5. The van der Waals surface area contributed by atoms with Gasteiger partial charge in [0.1, 0.15) is 0 Å². The number of hydrogen-bond donors (Lipinski definition) is 1. The summed E-state index contributed by atoms with van der Waals surface area (Å²) >= 11 is 0. The molecule has 2 fully saturated rings. The molecule has 2 saturated carbocycles. The van der Waals surface area contributed by atoms with Crippen molar-refractivity contribution in [3.63, 3.8) is 0 Å². The Kier molecular flexibility index (Phi) is 16.5. The minimum Gasteiger partial charge on any atom is -0.392 e. The Morgan fingerprint density at radius 3 is 1.65 bits per heavy atom. The average Bonchev–Trinajstić information content (AvgIpc) is 2.98. The molecule has 2 rings (SSSR count). The van der Waals surface area contributed by atoms with Crippen LogP contribution in [0.2, 0.25) is 0 Å². The van der Waals surface area contributed by atoms with Gasteiger partial charge in [0.15, 0.2) is 0 Å². The molecule has 0 radical (unpaired) electrons. The van der Waals surface area contributed by atoms with Gasteiger partial charge in [0, 0.05) is 11.8 Å². The number of rotatable bonds is 14. The first-order chi connectivity index (χ1) is 21.8. The van der Waals surface area contributed by atoms with E-state index in [0.717, 1.165) is 31.3 Å². The monoisotopic (exact) mass is 620 g/mol. The summed E-state index contributed by atoms with van der Waals surface area (Å²) in [6.07, 6.45) is 42.2. The molecule has 3 atom stereocenters. The number of hydrogen-bond acceptors (Lipinski definition) is 1. The molecule has 0 aromatic rings. The molecule has 0 amide bonds. The minimum atomic E-state index is 0.150. The highest BCUT2D eigenvalue weighted by molar-refractivity contribution is 5.33. The smallest absolute Gasteiger partial charge is 0.0639 e. The molecule has 0 aromatic carbocycles. The van der Waals surface area contributed by atoms with Crippen molar-refractivity contribution in [1.29, 1.82) is 0 Å². The summed E-state index contributed by atoms with van der Waals surface area (Å²) in [5.74, 6) is 0.861. The Morgan fingerprint density at radius 1 is 0.674 bits per heavy atom. The van der Waals surface area contributed by atoms with E-state index in [1.807, 2.05) is 6.92 Å². The van der Waals surface area contributed by atoms with Crippen LogP contribution in [0.25, 0.3) is 0 Å². The van der Waals surface area contributed by atoms with Crippen molar-refractivity contribution >= 4 is 0 Å². The van der Waals surface area contributed by atoms with Gasteiger partial charge in [-0.3, -0.25) is 0 Å². The molecule has 0 spiro atoms. The molecule has 1 nitrogen and oxygen atoms in total. The number of aliphatic hydroxyl groups is 1. The van der Waals surface area contributed by atoms with Crippen LogP contribution in [-0.4, -0.2) is 11.7 Å². The zero-order chi connectivity index (χ0) is 34.2. The fraction of sp³-hybridized carbons (Fsp3) is 0.467. The van der Waals surface area contributed by atoms with Gasteiger partial charge in [-0.1, -0.05) is 164 Å². The number of aliphatic hydroxyl groups excluding tert-OH is 1. The van der Waals surface area contributed by atoms with E-state index in [9.17, 15) is 5.11 Å². The lowest BCUT2D eigenvalue weighted by atomic mass is 9.63. The van der Waals surface area contributed by atoms with E-state index in [1.54, 1.807) is 0 Å². The Morgan fingerprint density at radius 2 is 1.13 bits per heavy atom. The van der Waals surface area contributed by atoms with Gasteiger partial charge in [-0.25, -0.2) is 0 Å². The van der Waals surface area contributed by atoms with Crippen LogP contribution in [0.4, 0.5) is 0 Å². The van der Waals surface area contributed by atoms with E-state index in [2.05, 4.69) is 153 Å². The van der Waals surface area contributed by atoms with Crippen LogP contribution in [0, 0.1) is 22.7 Å². The highest BCUT2D eigenvalue weighted by atomic mass is 16.3. The lowest BCUT2D eigenvalue weighted by Crippen LogP contribution is -2.31. The van der Waals surface area contributed by atoms with Gasteiger partial charge < -0.3 is 5.11 Å². The molecule has 0 heterocycles. The maximum absolute atomic E-state index is 9.33. The largest absolute Gasteiger partial charge is 0.392 e. The Bertz CT molecular complexity index is 1340. The van der Waals surface area contributed by atoms with Crippen LogP contribution in [0.3, 0.4) is 0 Å². The SMILES string of the molecule is C=C1CCCC(C)(C)C1/C=C/C(C)=C/C=C/C(C)=C/C=C/C=C(C)/C=C/C=C(C)/C=C/C1C(=C)CCC[C@]1(C)CCC=C(C)CO. The van der Waals surface area contributed by atoms with Crippen molar-refractivity contribution in [3.8, 4) is 0 Å². The highest BCUT2D eigenvalue weighted by Gasteiger charge is 2.36. The summed E-state index contributed by atoms with van der Waals surface area (Å²) in [6.45, 7) is 26.7. The molecule has 250 valence electrons. The third-order valence-corrected chi connectivity index (χ3v) is 9.86. The Labute approximate surface area is 283 Å². The van der Waals surface area contributed by atoms with Crippen LogP contribution < -0.4 is 0 Å². The summed E-state index contributed by atoms with van der Waals surface area (Å²) in [6, 6.07) is 0. The van der Waals surface area contributed by atoms with Crippen LogP contribution >= 0.6 is 0 Å². The molecular weight excluding hydrogens is 556 g/mol. The Balaban J connectivity index is 1.90. The molecule has 2 aliphatic rings. The van der Waals surface area contributed by atoms with Crippen molar-refractivity contribution in [2.75, 3.05) is 6.61 Å². The predicted molar refractivity (Wildman–Crippen MR) is 206 cm³/mol. The van der Waals surface area contributed by atoms with Gasteiger partial charge in [-0.05, 0) is 96.8 Å². The van der Waals surface area contributed by atoms with Crippen molar-refractivity contribution < 1.29 is 5.11 Å². The molecule has 0 aromatic heterocycles. The molecule has 1 N–H and O–H groups in total. The van der Waals surface area contributed by atoms with Crippen molar-refractivity contribution in [2.24, 2.45) is 22.7 Å². The molecule has 0 saturated heterocycles. The Hall–Kier alpha value is -3.16. The zero-order valence-electron chi connectivity index (χ0n) is 30.5. The zero-order valence-corrected chi connectivity index (χ0v) is 30.5. The van der Waals surface area contributed by atoms with E-state index >= 15 is 0 Å². The highest BCUT2D eigenvalue weighted by Crippen LogP contribution is 2.47. The molecule has 0 aliphatic heterocycles. The van der Waals surface area contributed by atoms with Crippen molar-refractivity contribution in [3.05, 3.63) is 143 Å². The van der Waals surface area contributed by atoms with Crippen molar-refractivity contribution in [2.45, 2.75) is 107 Å². The van der Waals surface area contributed by atoms with Crippen LogP contribution in [0.15, 0.2) is 143 Å². The maximum Gasteiger partial charge on any atom is 0.0639 e. The quantitative estimate of drug-likeness (QED) is 0.151. The summed E-state index contributed by atoms with van der Waals surface area (Å²) in [4.78, 5) is 0. The van der Waals surface area contributed by atoms with E-state index in [4.69, 9.17) is 0 Å². The minimum absolute atomic E-state index is 0.150. The first-order valence-corrected chi connectivity index (χ1v) is 17.5. The van der Waals surface area contributed by atoms with Gasteiger partial charge in [0.2, 0.25) is 0 Å². The average molecular weight is 621 g/mol. The summed E-state index contributed by atoms with van der Waals surface area (Å²) in [7, 11) is 0. The fourth-order valence-electron chi connectivity index (χ4n) is 6.75. The molecule has 46 heavy (non-hydrogen) atoms. The third-order valence-electron chi connectivity index (χ3n) is 9.86. The second kappa shape index (κ2) is 19.5. The summed E-state index contributed by atoms with van der Waals surface area (Å²) in [5.41, 5.74) is 9.23. The van der Waals surface area contributed by atoms with Crippen LogP contribution in [0.1, 0.15) is 107 Å². The molecule has 2 unspecified atom stereocenters. The maximum atomic E-state index is 9.33. The molecule has 2 aliphatic carbocycles. The topological polar surface area (TPSA) is 20.2 Å². The normalized spacial score (nSPS) is 26.2. The molecule has 0 bridgehead atoms. The standard InChI is InChI=1S/C45H64O/c1-35(20-13-22-37(3)27-29-42-40(6)25-16-31-44(42,8)9)18-11-12-19-36(2)21-14-23-38(4)28-30-43-41(7)26-17-33-45(43,10)32-15-24-39(5)34-46/h11-14,18-24,27-30,42-43,46H,6-7,15-17,25-26,31-34H2,1-5,8-10H3/b12-11+,20-13+,21-14+,29-27+,30-28+,35-18+,36-19+,37-22+,38-23+,39-24?/t42?,43?,45-/m0/s1. The van der Waals surface area contributed by atoms with Crippen LogP contribution in [-0.2, 0) is 0 Å². The fourth-order valence-corrected chi connectivity index (χ4v) is 6.75. The van der Waals surface area contributed by atoms with Gasteiger partial charge in [-0.2, -0.15) is 0 Å². The third kappa shape index (κ3) is 13.7. The van der Waals surface area contributed by atoms with E-state index in [1.165, 1.54) is 59.1 Å². The summed E-state index contributed by atoms with van der Waals surface area (Å²) in [5, 5.41) is 9.33. The second-order valence-corrected chi connectivity index (χ2v) is 14.8. The first kappa shape index (κ1) is 39.0. The second-order valence-electron chi connectivity index (χ2n) is 14.8. The lowest BCUT2D eigenvalue weighted by Gasteiger charge is -2.42. The van der Waals surface area contributed by atoms with Gasteiger partial charge in [0.05, 0.1) is 6.61 Å². The van der Waals surface area contributed by atoms with E-state index in [-0.39, 0.29) is 12.0 Å².